The van der Waals surface area contributed by atoms with Crippen molar-refractivity contribution in [1.82, 2.24) is 20.1 Å². The van der Waals surface area contributed by atoms with Crippen molar-refractivity contribution in [2.24, 2.45) is 5.92 Å². The predicted molar refractivity (Wildman–Crippen MR) is 115 cm³/mol. The lowest BCUT2D eigenvalue weighted by atomic mass is 9.93. The van der Waals surface area contributed by atoms with Gasteiger partial charge >= 0.3 is 0 Å². The zero-order valence-corrected chi connectivity index (χ0v) is 17.7. The Morgan fingerprint density at radius 2 is 2.04 bits per heavy atom. The number of thiol groups is 1. The van der Waals surface area contributed by atoms with Gasteiger partial charge in [0.05, 0.1) is 6.04 Å². The first-order chi connectivity index (χ1) is 12.6. The van der Waals surface area contributed by atoms with Gasteiger partial charge in [-0.15, -0.1) is 24.8 Å². The summed E-state index contributed by atoms with van der Waals surface area (Å²) < 4.78 is 14.5. The second-order valence-corrected chi connectivity index (χ2v) is 7.59. The number of nitrogens with zero attached hydrogens (tertiary/aromatic N) is 3. The molecular formula is C19H23Cl2FN4OS. The van der Waals surface area contributed by atoms with Crippen LogP contribution in [0, 0.1) is 11.7 Å². The molecule has 1 aromatic heterocycles. The number of halogens is 3. The number of H-pyrrole nitrogens is 1. The third-order valence-electron chi connectivity index (χ3n) is 5.07. The number of hydrogen-bond donors (Lipinski definition) is 2. The molecule has 0 spiro atoms. The van der Waals surface area contributed by atoms with Crippen LogP contribution in [-0.2, 0) is 4.79 Å². The first-order valence-corrected chi connectivity index (χ1v) is 9.41. The van der Waals surface area contributed by atoms with Crippen LogP contribution in [0.25, 0.3) is 6.08 Å². The maximum Gasteiger partial charge on any atom is 0.157 e. The highest BCUT2D eigenvalue weighted by atomic mass is 35.5. The van der Waals surface area contributed by atoms with Gasteiger partial charge in [0.1, 0.15) is 18.0 Å². The Bertz CT molecular complexity index is 829. The zero-order valence-electron chi connectivity index (χ0n) is 15.1. The van der Waals surface area contributed by atoms with Gasteiger partial charge in [0.25, 0.3) is 0 Å². The van der Waals surface area contributed by atoms with Crippen LogP contribution >= 0.6 is 37.4 Å². The molecule has 0 radical (unpaired) electrons. The van der Waals surface area contributed by atoms with E-state index in [0.717, 1.165) is 24.8 Å². The van der Waals surface area contributed by atoms with Crippen molar-refractivity contribution in [3.05, 3.63) is 53.4 Å². The molecule has 28 heavy (non-hydrogen) atoms. The molecule has 2 aliphatic rings. The van der Waals surface area contributed by atoms with Crippen LogP contribution in [0.15, 0.2) is 36.2 Å². The molecule has 0 bridgehead atoms. The molecule has 0 amide bonds. The number of rotatable bonds is 5. The molecule has 152 valence electrons. The van der Waals surface area contributed by atoms with Crippen molar-refractivity contribution in [2.45, 2.75) is 30.6 Å². The number of ketones is 1. The molecule has 5 nitrogen and oxygen atoms in total. The molecule has 2 heterocycles. The van der Waals surface area contributed by atoms with Crippen molar-refractivity contribution in [1.29, 1.82) is 0 Å². The molecule has 2 atom stereocenters. The molecular weight excluding hydrogens is 422 g/mol. The summed E-state index contributed by atoms with van der Waals surface area (Å²) in [5.74, 6) is 0.541. The molecule has 1 aliphatic carbocycles. The van der Waals surface area contributed by atoms with E-state index in [4.69, 9.17) is 0 Å². The van der Waals surface area contributed by atoms with Gasteiger partial charge < -0.3 is 0 Å². The van der Waals surface area contributed by atoms with E-state index >= 15 is 0 Å². The summed E-state index contributed by atoms with van der Waals surface area (Å²) in [6.07, 6.45) is 6.00. The molecule has 4 rings (SSSR count). The van der Waals surface area contributed by atoms with E-state index in [-0.39, 0.29) is 47.6 Å². The van der Waals surface area contributed by atoms with Crippen LogP contribution in [0.2, 0.25) is 0 Å². The van der Waals surface area contributed by atoms with Crippen LogP contribution in [0.1, 0.15) is 36.7 Å². The zero-order chi connectivity index (χ0) is 18.1. The average Bonchev–Trinajstić information content (AvgIpc) is 3.37. The number of nitrogens with one attached hydrogen (secondary N) is 1. The molecule has 1 saturated carbocycles. The molecule has 1 saturated heterocycles. The molecule has 2 fully saturated rings. The Morgan fingerprint density at radius 3 is 2.68 bits per heavy atom. The summed E-state index contributed by atoms with van der Waals surface area (Å²) >= 11 is 4.67. The third kappa shape index (κ3) is 4.95. The van der Waals surface area contributed by atoms with E-state index in [1.54, 1.807) is 18.2 Å². The van der Waals surface area contributed by atoms with E-state index in [1.165, 1.54) is 12.4 Å². The standard InChI is InChI=1S/C19H21FN4OS.2ClH/c20-15-4-2-1-3-14(15)18(19(25)12-5-6-12)24-8-7-16(26)13(10-24)9-17-21-11-22-23-17;;/h1-4,9,11-12,16,18,26H,5-8,10H2,(H,21,22,23);2*1H/b13-9+;;. The van der Waals surface area contributed by atoms with Gasteiger partial charge in [0.15, 0.2) is 5.78 Å². The Labute approximate surface area is 181 Å². The van der Waals surface area contributed by atoms with Gasteiger partial charge in [-0.1, -0.05) is 18.2 Å². The van der Waals surface area contributed by atoms with Crippen LogP contribution < -0.4 is 0 Å². The molecule has 1 aliphatic heterocycles. The first-order valence-electron chi connectivity index (χ1n) is 8.89. The number of piperidine rings is 1. The van der Waals surface area contributed by atoms with Crippen molar-refractivity contribution in [3.63, 3.8) is 0 Å². The van der Waals surface area contributed by atoms with Crippen LogP contribution in [0.5, 0.6) is 0 Å². The summed E-state index contributed by atoms with van der Waals surface area (Å²) in [6.45, 7) is 1.27. The lowest BCUT2D eigenvalue weighted by molar-refractivity contribution is -0.126. The number of likely N-dealkylation sites (tertiary alicyclic amines) is 1. The summed E-state index contributed by atoms with van der Waals surface area (Å²) in [5, 5.41) is 6.78. The number of aromatic amines is 1. The highest BCUT2D eigenvalue weighted by Crippen LogP contribution is 2.39. The fourth-order valence-corrected chi connectivity index (χ4v) is 3.80. The topological polar surface area (TPSA) is 61.9 Å². The molecule has 2 unspecified atom stereocenters. The quantitative estimate of drug-likeness (QED) is 0.686. The van der Waals surface area contributed by atoms with Gasteiger partial charge in [-0.2, -0.15) is 17.7 Å². The second kappa shape index (κ2) is 9.87. The number of carbonyl (C=O) groups excluding carboxylic acids is 1. The summed E-state index contributed by atoms with van der Waals surface area (Å²) in [7, 11) is 0. The fraction of sp³-hybridized carbons (Fsp3) is 0.421. The van der Waals surface area contributed by atoms with E-state index in [2.05, 4.69) is 32.7 Å². The normalized spacial score (nSPS) is 22.2. The van der Waals surface area contributed by atoms with Gasteiger partial charge in [-0.25, -0.2) is 9.37 Å². The van der Waals surface area contributed by atoms with Crippen molar-refractivity contribution < 1.29 is 9.18 Å². The molecule has 1 N–H and O–H groups in total. The lowest BCUT2D eigenvalue weighted by Gasteiger charge is -2.37. The maximum absolute atomic E-state index is 14.5. The van der Waals surface area contributed by atoms with Crippen LogP contribution in [-0.4, -0.2) is 44.2 Å². The molecule has 9 heteroatoms. The number of Topliss-reactive ketones (excluding diaryl/α,β-unsaturated/α-hetero) is 1. The maximum atomic E-state index is 14.5. The van der Waals surface area contributed by atoms with E-state index in [1.807, 2.05) is 6.08 Å². The minimum atomic E-state index is -0.539. The SMILES string of the molecule is Cl.Cl.O=C(C1CC1)C(c1ccccc1F)N1CCC(S)/C(=C/c2ncn[nH]2)C1. The van der Waals surface area contributed by atoms with Crippen molar-refractivity contribution in [2.75, 3.05) is 13.1 Å². The minimum absolute atomic E-state index is 0. The van der Waals surface area contributed by atoms with E-state index < -0.39 is 6.04 Å². The number of carbonyl (C=O) groups is 1. The van der Waals surface area contributed by atoms with Gasteiger partial charge in [-0.05, 0) is 37.0 Å². The first kappa shape index (κ1) is 22.9. The summed E-state index contributed by atoms with van der Waals surface area (Å²) in [4.78, 5) is 19.2. The average molecular weight is 445 g/mol. The van der Waals surface area contributed by atoms with E-state index in [9.17, 15) is 9.18 Å². The monoisotopic (exact) mass is 444 g/mol. The Kier molecular flexibility index (Phi) is 8.07. The van der Waals surface area contributed by atoms with E-state index in [0.29, 0.717) is 24.5 Å². The fourth-order valence-electron chi connectivity index (χ4n) is 3.53. The van der Waals surface area contributed by atoms with Crippen molar-refractivity contribution >= 4 is 49.3 Å². The van der Waals surface area contributed by atoms with Gasteiger partial charge in [0.2, 0.25) is 0 Å². The Balaban J connectivity index is 0.00000140. The number of benzene rings is 1. The van der Waals surface area contributed by atoms with Crippen LogP contribution in [0.3, 0.4) is 0 Å². The number of hydrogen-bond acceptors (Lipinski definition) is 5. The molecule has 1 aromatic carbocycles. The smallest absolute Gasteiger partial charge is 0.157 e. The summed E-state index contributed by atoms with van der Waals surface area (Å²) in [6, 6.07) is 6.07. The summed E-state index contributed by atoms with van der Waals surface area (Å²) in [5.41, 5.74) is 1.53. The van der Waals surface area contributed by atoms with Gasteiger partial charge in [-0.3, -0.25) is 14.8 Å². The Morgan fingerprint density at radius 1 is 1.29 bits per heavy atom. The van der Waals surface area contributed by atoms with Gasteiger partial charge in [0, 0.05) is 29.8 Å². The Hall–Kier alpha value is -1.41. The lowest BCUT2D eigenvalue weighted by Crippen LogP contribution is -2.42. The highest BCUT2D eigenvalue weighted by molar-refractivity contribution is 7.81. The molecule has 2 aromatic rings. The van der Waals surface area contributed by atoms with Crippen molar-refractivity contribution in [3.8, 4) is 0 Å². The largest absolute Gasteiger partial charge is 0.297 e. The number of aromatic nitrogens is 3. The minimum Gasteiger partial charge on any atom is -0.297 e. The second-order valence-electron chi connectivity index (χ2n) is 6.97. The highest BCUT2D eigenvalue weighted by Gasteiger charge is 2.40. The predicted octanol–water partition coefficient (Wildman–Crippen LogP) is 3.90. The van der Waals surface area contributed by atoms with Crippen LogP contribution in [0.4, 0.5) is 4.39 Å². The third-order valence-corrected chi connectivity index (χ3v) is 5.66.